The number of rotatable bonds is 6. The van der Waals surface area contributed by atoms with Crippen LogP contribution >= 0.6 is 23.1 Å². The number of amides is 1. The standard InChI is InChI=1S/C18H21N5O2S2/c1-18(2,3)13-9-26-16(19-13)20-14(24)10-27-17-22-21-15(12-5-4-8-25-12)23(17)11-6-7-11/h4-5,8-9,11H,6-7,10H2,1-3H3,(H,19,20,24). The van der Waals surface area contributed by atoms with Crippen LogP contribution in [0.15, 0.2) is 33.3 Å². The van der Waals surface area contributed by atoms with Gasteiger partial charge in [-0.25, -0.2) is 4.98 Å². The summed E-state index contributed by atoms with van der Waals surface area (Å²) in [5.74, 6) is 1.58. The Morgan fingerprint density at radius 1 is 1.41 bits per heavy atom. The van der Waals surface area contributed by atoms with E-state index >= 15 is 0 Å². The van der Waals surface area contributed by atoms with Gasteiger partial charge in [0.1, 0.15) is 0 Å². The minimum atomic E-state index is -0.0975. The molecule has 1 fully saturated rings. The molecule has 1 saturated carbocycles. The first-order valence-electron chi connectivity index (χ1n) is 8.79. The third kappa shape index (κ3) is 4.08. The number of hydrogen-bond acceptors (Lipinski definition) is 7. The number of hydrogen-bond donors (Lipinski definition) is 1. The largest absolute Gasteiger partial charge is 0.461 e. The molecule has 1 aliphatic rings. The predicted molar refractivity (Wildman–Crippen MR) is 106 cm³/mol. The zero-order chi connectivity index (χ0) is 19.0. The third-order valence-electron chi connectivity index (χ3n) is 4.17. The van der Waals surface area contributed by atoms with Crippen molar-refractivity contribution in [1.82, 2.24) is 19.7 Å². The van der Waals surface area contributed by atoms with Gasteiger partial charge in [-0.1, -0.05) is 32.5 Å². The van der Waals surface area contributed by atoms with Gasteiger partial charge in [0.15, 0.2) is 16.0 Å². The van der Waals surface area contributed by atoms with Crippen LogP contribution in [0.5, 0.6) is 0 Å². The summed E-state index contributed by atoms with van der Waals surface area (Å²) >= 11 is 2.83. The molecule has 27 heavy (non-hydrogen) atoms. The number of furan rings is 1. The van der Waals surface area contributed by atoms with Crippen molar-refractivity contribution < 1.29 is 9.21 Å². The van der Waals surface area contributed by atoms with Crippen molar-refractivity contribution in [3.8, 4) is 11.6 Å². The number of thiazole rings is 1. The fourth-order valence-corrected chi connectivity index (χ4v) is 4.33. The minimum absolute atomic E-state index is 0.0306. The number of anilines is 1. The summed E-state index contributed by atoms with van der Waals surface area (Å²) < 4.78 is 7.55. The van der Waals surface area contributed by atoms with Crippen LogP contribution in [0.2, 0.25) is 0 Å². The number of carbonyl (C=O) groups is 1. The van der Waals surface area contributed by atoms with Crippen LogP contribution in [0.3, 0.4) is 0 Å². The second-order valence-electron chi connectivity index (χ2n) is 7.51. The average Bonchev–Trinajstić information content (AvgIpc) is 3.06. The van der Waals surface area contributed by atoms with Crippen molar-refractivity contribution in [2.45, 2.75) is 50.2 Å². The highest BCUT2D eigenvalue weighted by molar-refractivity contribution is 7.99. The molecule has 0 unspecified atom stereocenters. The quantitative estimate of drug-likeness (QED) is 0.616. The second-order valence-corrected chi connectivity index (χ2v) is 9.31. The highest BCUT2D eigenvalue weighted by Crippen LogP contribution is 2.41. The van der Waals surface area contributed by atoms with E-state index in [0.29, 0.717) is 16.9 Å². The topological polar surface area (TPSA) is 85.8 Å². The second kappa shape index (κ2) is 7.12. The summed E-state index contributed by atoms with van der Waals surface area (Å²) in [6.07, 6.45) is 3.82. The van der Waals surface area contributed by atoms with E-state index in [1.807, 2.05) is 17.5 Å². The lowest BCUT2D eigenvalue weighted by Gasteiger charge is -2.14. The van der Waals surface area contributed by atoms with Crippen molar-refractivity contribution >= 4 is 34.1 Å². The summed E-state index contributed by atoms with van der Waals surface area (Å²) in [7, 11) is 0. The van der Waals surface area contributed by atoms with E-state index in [9.17, 15) is 4.79 Å². The van der Waals surface area contributed by atoms with Gasteiger partial charge in [0.05, 0.1) is 17.7 Å². The molecule has 1 N–H and O–H groups in total. The van der Waals surface area contributed by atoms with E-state index in [0.717, 1.165) is 29.5 Å². The molecule has 3 aromatic rings. The van der Waals surface area contributed by atoms with Gasteiger partial charge in [0.2, 0.25) is 11.7 Å². The summed E-state index contributed by atoms with van der Waals surface area (Å²) in [6.45, 7) is 6.31. The van der Waals surface area contributed by atoms with Crippen LogP contribution in [-0.4, -0.2) is 31.4 Å². The average molecular weight is 404 g/mol. The van der Waals surface area contributed by atoms with E-state index < -0.39 is 0 Å². The monoisotopic (exact) mass is 403 g/mol. The van der Waals surface area contributed by atoms with Crippen LogP contribution in [0.1, 0.15) is 45.3 Å². The van der Waals surface area contributed by atoms with E-state index in [1.165, 1.54) is 23.1 Å². The molecule has 1 amide bonds. The molecule has 0 radical (unpaired) electrons. The smallest absolute Gasteiger partial charge is 0.236 e. The summed E-state index contributed by atoms with van der Waals surface area (Å²) in [5, 5.41) is 14.8. The van der Waals surface area contributed by atoms with Gasteiger partial charge >= 0.3 is 0 Å². The predicted octanol–water partition coefficient (Wildman–Crippen LogP) is 4.36. The van der Waals surface area contributed by atoms with Gasteiger partial charge < -0.3 is 9.73 Å². The Balaban J connectivity index is 1.42. The van der Waals surface area contributed by atoms with Crippen LogP contribution in [0, 0.1) is 0 Å². The molecule has 0 aromatic carbocycles. The first-order valence-corrected chi connectivity index (χ1v) is 10.7. The Labute approximate surface area is 165 Å². The third-order valence-corrected chi connectivity index (χ3v) is 5.87. The van der Waals surface area contributed by atoms with Gasteiger partial charge in [0, 0.05) is 16.8 Å². The van der Waals surface area contributed by atoms with Crippen molar-refractivity contribution in [1.29, 1.82) is 0 Å². The lowest BCUT2D eigenvalue weighted by molar-refractivity contribution is -0.113. The van der Waals surface area contributed by atoms with Crippen LogP contribution < -0.4 is 5.32 Å². The molecule has 0 saturated heterocycles. The molecule has 9 heteroatoms. The Morgan fingerprint density at radius 3 is 2.85 bits per heavy atom. The number of nitrogens with one attached hydrogen (secondary N) is 1. The molecule has 142 valence electrons. The molecule has 1 aliphatic carbocycles. The first-order chi connectivity index (χ1) is 12.9. The first kappa shape index (κ1) is 18.2. The van der Waals surface area contributed by atoms with Crippen LogP contribution in [0.25, 0.3) is 11.6 Å². The van der Waals surface area contributed by atoms with Crippen LogP contribution in [-0.2, 0) is 10.2 Å². The molecule has 3 heterocycles. The number of aromatic nitrogens is 4. The molecular weight excluding hydrogens is 382 g/mol. The lowest BCUT2D eigenvalue weighted by Crippen LogP contribution is -2.16. The van der Waals surface area contributed by atoms with Crippen molar-refractivity contribution in [2.24, 2.45) is 0 Å². The van der Waals surface area contributed by atoms with Crippen molar-refractivity contribution in [2.75, 3.05) is 11.1 Å². The van der Waals surface area contributed by atoms with E-state index in [-0.39, 0.29) is 17.1 Å². The van der Waals surface area contributed by atoms with Gasteiger partial charge in [-0.15, -0.1) is 21.5 Å². The van der Waals surface area contributed by atoms with Gasteiger partial charge in [-0.05, 0) is 25.0 Å². The van der Waals surface area contributed by atoms with Crippen molar-refractivity contribution in [3.63, 3.8) is 0 Å². The maximum atomic E-state index is 12.3. The van der Waals surface area contributed by atoms with Gasteiger partial charge in [-0.2, -0.15) is 0 Å². The number of carbonyl (C=O) groups excluding carboxylic acids is 1. The number of nitrogens with zero attached hydrogens (tertiary/aromatic N) is 4. The molecule has 0 aliphatic heterocycles. The zero-order valence-electron chi connectivity index (χ0n) is 15.4. The fourth-order valence-electron chi connectivity index (χ4n) is 2.57. The van der Waals surface area contributed by atoms with Gasteiger partial charge in [0.25, 0.3) is 0 Å². The molecule has 4 rings (SSSR count). The maximum absolute atomic E-state index is 12.3. The Hall–Kier alpha value is -2.13. The summed E-state index contributed by atoms with van der Waals surface area (Å²) in [5.41, 5.74) is 0.948. The lowest BCUT2D eigenvalue weighted by atomic mass is 9.93. The Bertz CT molecular complexity index is 936. The van der Waals surface area contributed by atoms with Crippen LogP contribution in [0.4, 0.5) is 5.13 Å². The fraction of sp³-hybridized carbons (Fsp3) is 0.444. The minimum Gasteiger partial charge on any atom is -0.461 e. The summed E-state index contributed by atoms with van der Waals surface area (Å²) in [6, 6.07) is 4.10. The Kier molecular flexibility index (Phi) is 4.81. The van der Waals surface area contributed by atoms with Crippen molar-refractivity contribution in [3.05, 3.63) is 29.5 Å². The van der Waals surface area contributed by atoms with E-state index in [4.69, 9.17) is 4.42 Å². The van der Waals surface area contributed by atoms with E-state index in [1.54, 1.807) is 6.26 Å². The van der Waals surface area contributed by atoms with E-state index in [2.05, 4.69) is 45.8 Å². The molecule has 0 bridgehead atoms. The molecular formula is C18H21N5O2S2. The zero-order valence-corrected chi connectivity index (χ0v) is 17.1. The number of thioether (sulfide) groups is 1. The molecule has 0 atom stereocenters. The molecule has 3 aromatic heterocycles. The summed E-state index contributed by atoms with van der Waals surface area (Å²) in [4.78, 5) is 16.8. The highest BCUT2D eigenvalue weighted by atomic mass is 32.2. The molecule has 0 spiro atoms. The normalized spacial score (nSPS) is 14.5. The SMILES string of the molecule is CC(C)(C)c1csc(NC(=O)CSc2nnc(-c3ccco3)n2C2CC2)n1. The van der Waals surface area contributed by atoms with Gasteiger partial charge in [-0.3, -0.25) is 9.36 Å². The maximum Gasteiger partial charge on any atom is 0.236 e. The highest BCUT2D eigenvalue weighted by Gasteiger charge is 2.31. The molecule has 7 nitrogen and oxygen atoms in total. The Morgan fingerprint density at radius 2 is 2.22 bits per heavy atom.